The van der Waals surface area contributed by atoms with Crippen LogP contribution in [0.3, 0.4) is 0 Å². The molecule has 0 fully saturated rings. The van der Waals surface area contributed by atoms with E-state index in [4.69, 9.17) is 18.9 Å². The van der Waals surface area contributed by atoms with Gasteiger partial charge in [-0.25, -0.2) is 10.9 Å². The highest BCUT2D eigenvalue weighted by atomic mass is 16.5. The van der Waals surface area contributed by atoms with Crippen molar-refractivity contribution in [2.75, 3.05) is 27.4 Å². The van der Waals surface area contributed by atoms with Crippen molar-refractivity contribution in [2.24, 2.45) is 10.2 Å². The van der Waals surface area contributed by atoms with Gasteiger partial charge in [0.25, 0.3) is 11.8 Å². The van der Waals surface area contributed by atoms with Crippen LogP contribution in [-0.2, 0) is 9.59 Å². The summed E-state index contributed by atoms with van der Waals surface area (Å²) < 4.78 is 20.9. The molecule has 3 aromatic carbocycles. The molecule has 2 N–H and O–H groups in total. The molecule has 36 heavy (non-hydrogen) atoms. The van der Waals surface area contributed by atoms with Crippen molar-refractivity contribution in [3.05, 3.63) is 83.9 Å². The fourth-order valence-corrected chi connectivity index (χ4v) is 2.73. The number of methoxy groups -OCH3 is 2. The molecule has 0 aliphatic carbocycles. The highest BCUT2D eigenvalue weighted by Crippen LogP contribution is 2.17. The Labute approximate surface area is 208 Å². The first-order valence-electron chi connectivity index (χ1n) is 10.8. The summed E-state index contributed by atoms with van der Waals surface area (Å²) in [6, 6.07) is 21.0. The number of nitrogens with one attached hydrogen (secondary N) is 2. The van der Waals surface area contributed by atoms with Gasteiger partial charge in [-0.05, 0) is 59.7 Å². The van der Waals surface area contributed by atoms with Crippen LogP contribution in [-0.4, -0.2) is 51.7 Å². The number of benzene rings is 3. The molecule has 0 radical (unpaired) electrons. The van der Waals surface area contributed by atoms with Crippen LogP contribution in [0, 0.1) is 0 Å². The van der Waals surface area contributed by atoms with Gasteiger partial charge in [0, 0.05) is 0 Å². The van der Waals surface area contributed by atoms with E-state index in [9.17, 15) is 9.59 Å². The molecule has 0 saturated heterocycles. The third-order valence-corrected chi connectivity index (χ3v) is 4.60. The number of hydrazone groups is 2. The third-order valence-electron chi connectivity index (χ3n) is 4.60. The Balaban J connectivity index is 1.35. The van der Waals surface area contributed by atoms with Crippen molar-refractivity contribution in [3.63, 3.8) is 0 Å². The Kier molecular flexibility index (Phi) is 9.84. The van der Waals surface area contributed by atoms with E-state index in [1.165, 1.54) is 12.4 Å². The number of carbonyl (C=O) groups is 2. The Bertz CT molecular complexity index is 1080. The molecule has 0 aliphatic rings. The van der Waals surface area contributed by atoms with Crippen LogP contribution < -0.4 is 29.8 Å². The van der Waals surface area contributed by atoms with Crippen LogP contribution in [0.25, 0.3) is 0 Å². The second-order valence-corrected chi connectivity index (χ2v) is 7.18. The maximum Gasteiger partial charge on any atom is 0.277 e. The van der Waals surface area contributed by atoms with Crippen LogP contribution in [0.5, 0.6) is 23.0 Å². The van der Waals surface area contributed by atoms with E-state index in [1.807, 2.05) is 0 Å². The largest absolute Gasteiger partial charge is 0.497 e. The van der Waals surface area contributed by atoms with Crippen molar-refractivity contribution >= 4 is 24.2 Å². The molecule has 10 heteroatoms. The average Bonchev–Trinajstić information content (AvgIpc) is 2.92. The number of hydrogen-bond donors (Lipinski definition) is 2. The number of hydrogen-bond acceptors (Lipinski definition) is 8. The maximum absolute atomic E-state index is 11.9. The fraction of sp³-hybridized carbons (Fsp3) is 0.154. The molecule has 0 bridgehead atoms. The van der Waals surface area contributed by atoms with Gasteiger partial charge in [-0.15, -0.1) is 0 Å². The zero-order valence-corrected chi connectivity index (χ0v) is 19.8. The summed E-state index contributed by atoms with van der Waals surface area (Å²) in [5, 5.41) is 7.83. The SMILES string of the molecule is COc1ccc(OCC(=O)NN=Cc2ccc(C=NNC(=O)COc3ccc(OC)cc3)cc2)cc1. The van der Waals surface area contributed by atoms with Crippen molar-refractivity contribution < 1.29 is 28.5 Å². The molecule has 0 spiro atoms. The molecular weight excluding hydrogens is 464 g/mol. The van der Waals surface area contributed by atoms with Gasteiger partial charge >= 0.3 is 0 Å². The van der Waals surface area contributed by atoms with Crippen LogP contribution in [0.15, 0.2) is 83.0 Å². The fourth-order valence-electron chi connectivity index (χ4n) is 2.73. The number of carbonyl (C=O) groups excluding carboxylic acids is 2. The number of ether oxygens (including phenoxy) is 4. The third kappa shape index (κ3) is 8.82. The normalized spacial score (nSPS) is 10.7. The van der Waals surface area contributed by atoms with Gasteiger partial charge in [0.05, 0.1) is 26.6 Å². The Hall–Kier alpha value is -4.86. The first-order chi connectivity index (χ1) is 17.6. The van der Waals surface area contributed by atoms with Crippen molar-refractivity contribution in [2.45, 2.75) is 0 Å². The first kappa shape index (κ1) is 25.8. The molecule has 0 saturated carbocycles. The summed E-state index contributed by atoms with van der Waals surface area (Å²) in [6.45, 7) is -0.341. The van der Waals surface area contributed by atoms with Gasteiger partial charge in [-0.3, -0.25) is 9.59 Å². The van der Waals surface area contributed by atoms with E-state index in [0.29, 0.717) is 23.0 Å². The first-order valence-corrected chi connectivity index (χ1v) is 10.8. The van der Waals surface area contributed by atoms with E-state index >= 15 is 0 Å². The minimum Gasteiger partial charge on any atom is -0.497 e. The van der Waals surface area contributed by atoms with Crippen LogP contribution in [0.1, 0.15) is 11.1 Å². The molecule has 0 aromatic heterocycles. The highest BCUT2D eigenvalue weighted by molar-refractivity contribution is 5.86. The number of amides is 2. The lowest BCUT2D eigenvalue weighted by molar-refractivity contribution is -0.123. The van der Waals surface area contributed by atoms with Gasteiger partial charge < -0.3 is 18.9 Å². The minimum absolute atomic E-state index is 0.171. The van der Waals surface area contributed by atoms with Crippen LogP contribution >= 0.6 is 0 Å². The molecule has 2 amide bonds. The monoisotopic (exact) mass is 490 g/mol. The van der Waals surface area contributed by atoms with Gasteiger partial charge in [0.15, 0.2) is 13.2 Å². The predicted molar refractivity (Wildman–Crippen MR) is 135 cm³/mol. The quantitative estimate of drug-likeness (QED) is 0.298. The molecule has 3 aromatic rings. The molecular formula is C26H26N4O6. The van der Waals surface area contributed by atoms with Gasteiger partial charge in [-0.2, -0.15) is 10.2 Å². The van der Waals surface area contributed by atoms with Crippen molar-refractivity contribution in [1.82, 2.24) is 10.9 Å². The topological polar surface area (TPSA) is 120 Å². The zero-order chi connectivity index (χ0) is 25.6. The Morgan fingerprint density at radius 2 is 0.944 bits per heavy atom. The Morgan fingerprint density at radius 3 is 1.28 bits per heavy atom. The van der Waals surface area contributed by atoms with E-state index in [0.717, 1.165) is 11.1 Å². The van der Waals surface area contributed by atoms with E-state index in [2.05, 4.69) is 21.1 Å². The second-order valence-electron chi connectivity index (χ2n) is 7.18. The van der Waals surface area contributed by atoms with Crippen molar-refractivity contribution in [3.8, 4) is 23.0 Å². The van der Waals surface area contributed by atoms with Gasteiger partial charge in [-0.1, -0.05) is 24.3 Å². The average molecular weight is 491 g/mol. The Morgan fingerprint density at radius 1 is 0.611 bits per heavy atom. The molecule has 0 unspecified atom stereocenters. The summed E-state index contributed by atoms with van der Waals surface area (Å²) in [4.78, 5) is 23.7. The molecule has 0 atom stereocenters. The van der Waals surface area contributed by atoms with Crippen molar-refractivity contribution in [1.29, 1.82) is 0 Å². The lowest BCUT2D eigenvalue weighted by Crippen LogP contribution is -2.24. The second kappa shape index (κ2) is 13.8. The predicted octanol–water partition coefficient (Wildman–Crippen LogP) is 2.76. The lowest BCUT2D eigenvalue weighted by Gasteiger charge is -2.06. The molecule has 186 valence electrons. The summed E-state index contributed by atoms with van der Waals surface area (Å²) >= 11 is 0. The highest BCUT2D eigenvalue weighted by Gasteiger charge is 2.03. The number of rotatable bonds is 12. The summed E-state index contributed by atoms with van der Waals surface area (Å²) in [7, 11) is 3.15. The summed E-state index contributed by atoms with van der Waals surface area (Å²) in [5.41, 5.74) is 6.34. The van der Waals surface area contributed by atoms with Gasteiger partial charge in [0.2, 0.25) is 0 Å². The number of nitrogens with zero attached hydrogens (tertiary/aromatic N) is 2. The summed E-state index contributed by atoms with van der Waals surface area (Å²) in [5.74, 6) is 1.72. The molecule has 0 heterocycles. The van der Waals surface area contributed by atoms with Crippen LogP contribution in [0.2, 0.25) is 0 Å². The standard InChI is InChI=1S/C26H26N4O6/c1-33-21-7-11-23(12-8-21)35-17-25(31)29-27-15-19-3-5-20(6-4-19)16-28-30-26(32)18-36-24-13-9-22(34-2)10-14-24/h3-16H,17-18H2,1-2H3,(H,29,31)(H,30,32). The van der Waals surface area contributed by atoms with E-state index < -0.39 is 11.8 Å². The maximum atomic E-state index is 11.9. The lowest BCUT2D eigenvalue weighted by atomic mass is 10.2. The van der Waals surface area contributed by atoms with E-state index in [1.54, 1.807) is 87.0 Å². The molecule has 3 rings (SSSR count). The van der Waals surface area contributed by atoms with Crippen LogP contribution in [0.4, 0.5) is 0 Å². The minimum atomic E-state index is -0.391. The summed E-state index contributed by atoms with van der Waals surface area (Å²) in [6.07, 6.45) is 3.01. The molecule has 10 nitrogen and oxygen atoms in total. The smallest absolute Gasteiger partial charge is 0.277 e. The zero-order valence-electron chi connectivity index (χ0n) is 19.8. The molecule has 0 aliphatic heterocycles. The van der Waals surface area contributed by atoms with Gasteiger partial charge in [0.1, 0.15) is 23.0 Å². The van der Waals surface area contributed by atoms with E-state index in [-0.39, 0.29) is 13.2 Å².